The minimum atomic E-state index is -4.10. The van der Waals surface area contributed by atoms with E-state index in [1.807, 2.05) is 0 Å². The first-order valence-electron chi connectivity index (χ1n) is 9.66. The van der Waals surface area contributed by atoms with Gasteiger partial charge >= 0.3 is 0 Å². The minimum absolute atomic E-state index is 0.115. The Kier molecular flexibility index (Phi) is 7.32. The molecule has 0 spiro atoms. The van der Waals surface area contributed by atoms with Crippen LogP contribution in [0, 0.1) is 5.82 Å². The van der Waals surface area contributed by atoms with Gasteiger partial charge in [-0.25, -0.2) is 12.8 Å². The molecule has 0 aliphatic carbocycles. The maximum atomic E-state index is 13.3. The molecule has 7 nitrogen and oxygen atoms in total. The lowest BCUT2D eigenvalue weighted by molar-refractivity contribution is -0.119. The van der Waals surface area contributed by atoms with Crippen LogP contribution in [-0.2, 0) is 21.4 Å². The van der Waals surface area contributed by atoms with E-state index in [4.69, 9.17) is 9.47 Å². The van der Waals surface area contributed by atoms with E-state index < -0.39 is 28.3 Å². The van der Waals surface area contributed by atoms with Gasteiger partial charge in [-0.1, -0.05) is 24.3 Å². The van der Waals surface area contributed by atoms with Gasteiger partial charge in [0, 0.05) is 6.54 Å². The highest BCUT2D eigenvalue weighted by molar-refractivity contribution is 7.92. The van der Waals surface area contributed by atoms with Gasteiger partial charge in [0.25, 0.3) is 10.0 Å². The van der Waals surface area contributed by atoms with Gasteiger partial charge in [-0.15, -0.1) is 0 Å². The van der Waals surface area contributed by atoms with Crippen LogP contribution in [-0.4, -0.2) is 35.1 Å². The maximum absolute atomic E-state index is 13.3. The maximum Gasteiger partial charge on any atom is 0.264 e. The molecular formula is C23H23FN2O5S. The normalized spacial score (nSPS) is 11.0. The number of ether oxygens (including phenoxy) is 2. The number of hydrogen-bond acceptors (Lipinski definition) is 5. The third kappa shape index (κ3) is 5.36. The van der Waals surface area contributed by atoms with Crippen molar-refractivity contribution in [3.8, 4) is 11.5 Å². The van der Waals surface area contributed by atoms with E-state index in [1.165, 1.54) is 26.4 Å². The van der Waals surface area contributed by atoms with Crippen molar-refractivity contribution in [3.63, 3.8) is 0 Å². The summed E-state index contributed by atoms with van der Waals surface area (Å²) in [4.78, 5) is 12.6. The van der Waals surface area contributed by atoms with Crippen molar-refractivity contribution < 1.29 is 27.1 Å². The molecule has 0 saturated carbocycles. The summed E-state index contributed by atoms with van der Waals surface area (Å²) in [6.45, 7) is -0.282. The summed E-state index contributed by atoms with van der Waals surface area (Å²) in [6.07, 6.45) is 0. The molecule has 1 amide bonds. The fourth-order valence-electron chi connectivity index (χ4n) is 3.02. The molecule has 0 aromatic heterocycles. The van der Waals surface area contributed by atoms with Gasteiger partial charge in [0.2, 0.25) is 5.91 Å². The molecule has 0 radical (unpaired) electrons. The number of nitrogens with one attached hydrogen (secondary N) is 1. The summed E-state index contributed by atoms with van der Waals surface area (Å²) < 4.78 is 51.1. The third-order valence-corrected chi connectivity index (χ3v) is 6.46. The van der Waals surface area contributed by atoms with Crippen LogP contribution in [0.4, 0.5) is 10.1 Å². The average molecular weight is 459 g/mol. The molecule has 32 heavy (non-hydrogen) atoms. The van der Waals surface area contributed by atoms with Gasteiger partial charge in [-0.3, -0.25) is 9.10 Å². The number of rotatable bonds is 9. The zero-order chi connectivity index (χ0) is 23.1. The van der Waals surface area contributed by atoms with E-state index in [0.717, 1.165) is 22.0 Å². The molecule has 3 aromatic carbocycles. The molecule has 0 atom stereocenters. The highest BCUT2D eigenvalue weighted by Gasteiger charge is 2.27. The minimum Gasteiger partial charge on any atom is -0.493 e. The number of benzene rings is 3. The fourth-order valence-corrected chi connectivity index (χ4v) is 4.44. The monoisotopic (exact) mass is 458 g/mol. The van der Waals surface area contributed by atoms with Gasteiger partial charge < -0.3 is 14.8 Å². The molecule has 0 heterocycles. The van der Waals surface area contributed by atoms with E-state index >= 15 is 0 Å². The van der Waals surface area contributed by atoms with Crippen molar-refractivity contribution in [3.05, 3.63) is 84.2 Å². The Hall–Kier alpha value is -3.59. The van der Waals surface area contributed by atoms with Gasteiger partial charge in [-0.2, -0.15) is 0 Å². The van der Waals surface area contributed by atoms with Crippen LogP contribution in [0.1, 0.15) is 5.56 Å². The van der Waals surface area contributed by atoms with Crippen molar-refractivity contribution in [1.29, 1.82) is 0 Å². The molecule has 1 N–H and O–H groups in total. The first kappa shape index (κ1) is 23.1. The Morgan fingerprint density at radius 2 is 1.59 bits per heavy atom. The number of amides is 1. The van der Waals surface area contributed by atoms with Crippen LogP contribution in [0.25, 0.3) is 0 Å². The van der Waals surface area contributed by atoms with Gasteiger partial charge in [-0.05, 0) is 54.1 Å². The molecule has 168 valence electrons. The standard InChI is InChI=1S/C23H23FN2O5S/c1-30-21-13-8-17(14-22(21)31-2)15-25-23(27)16-26(19-6-4-3-5-7-19)32(28,29)20-11-9-18(24)10-12-20/h3-14H,15-16H2,1-2H3,(H,25,27). The number of nitrogens with zero attached hydrogens (tertiary/aromatic N) is 1. The van der Waals surface area contributed by atoms with E-state index in [2.05, 4.69) is 5.32 Å². The predicted octanol–water partition coefficient (Wildman–Crippen LogP) is 3.35. The Morgan fingerprint density at radius 1 is 0.938 bits per heavy atom. The lowest BCUT2D eigenvalue weighted by atomic mass is 10.2. The zero-order valence-corrected chi connectivity index (χ0v) is 18.4. The first-order valence-corrected chi connectivity index (χ1v) is 11.1. The van der Waals surface area contributed by atoms with E-state index in [1.54, 1.807) is 48.5 Å². The molecule has 0 aliphatic heterocycles. The molecule has 0 bridgehead atoms. The van der Waals surface area contributed by atoms with Crippen molar-refractivity contribution in [2.75, 3.05) is 25.1 Å². The van der Waals surface area contributed by atoms with Gasteiger partial charge in [0.15, 0.2) is 11.5 Å². The number of hydrogen-bond donors (Lipinski definition) is 1. The smallest absolute Gasteiger partial charge is 0.264 e. The van der Waals surface area contributed by atoms with Crippen LogP contribution >= 0.6 is 0 Å². The van der Waals surface area contributed by atoms with Gasteiger partial charge in [0.05, 0.1) is 24.8 Å². The van der Waals surface area contributed by atoms with E-state index in [0.29, 0.717) is 17.2 Å². The Labute approximate surface area is 186 Å². The Bertz CT molecular complexity index is 1170. The van der Waals surface area contributed by atoms with Crippen molar-refractivity contribution in [2.24, 2.45) is 0 Å². The second kappa shape index (κ2) is 10.1. The summed E-state index contributed by atoms with van der Waals surface area (Å²) in [5.41, 5.74) is 1.07. The van der Waals surface area contributed by atoms with Crippen LogP contribution < -0.4 is 19.1 Å². The molecule has 3 aromatic rings. The van der Waals surface area contributed by atoms with Crippen LogP contribution in [0.5, 0.6) is 11.5 Å². The van der Waals surface area contributed by atoms with Crippen molar-refractivity contribution in [2.45, 2.75) is 11.4 Å². The molecule has 0 aliphatic rings. The lowest BCUT2D eigenvalue weighted by Crippen LogP contribution is -2.40. The third-order valence-electron chi connectivity index (χ3n) is 4.67. The van der Waals surface area contributed by atoms with Crippen LogP contribution in [0.15, 0.2) is 77.7 Å². The summed E-state index contributed by atoms with van der Waals surface area (Å²) >= 11 is 0. The molecule has 0 unspecified atom stereocenters. The molecule has 9 heteroatoms. The molecular weight excluding hydrogens is 435 g/mol. The van der Waals surface area contributed by atoms with Crippen LogP contribution in [0.3, 0.4) is 0 Å². The summed E-state index contributed by atoms with van der Waals surface area (Å²) in [5, 5.41) is 2.72. The summed E-state index contributed by atoms with van der Waals surface area (Å²) in [7, 11) is -1.06. The topological polar surface area (TPSA) is 84.9 Å². The number of anilines is 1. The lowest BCUT2D eigenvalue weighted by Gasteiger charge is -2.24. The Balaban J connectivity index is 1.80. The SMILES string of the molecule is COc1ccc(CNC(=O)CN(c2ccccc2)S(=O)(=O)c2ccc(F)cc2)cc1OC. The number of halogens is 1. The summed E-state index contributed by atoms with van der Waals surface area (Å²) in [5.74, 6) is 0.0180. The number of methoxy groups -OCH3 is 2. The number of carbonyl (C=O) groups is 1. The predicted molar refractivity (Wildman–Crippen MR) is 119 cm³/mol. The quantitative estimate of drug-likeness (QED) is 0.532. The highest BCUT2D eigenvalue weighted by atomic mass is 32.2. The highest BCUT2D eigenvalue weighted by Crippen LogP contribution is 2.27. The van der Waals surface area contributed by atoms with E-state index in [-0.39, 0.29) is 11.4 Å². The molecule has 0 saturated heterocycles. The van der Waals surface area contributed by atoms with Crippen molar-refractivity contribution in [1.82, 2.24) is 5.32 Å². The second-order valence-electron chi connectivity index (χ2n) is 6.77. The average Bonchev–Trinajstić information content (AvgIpc) is 2.81. The molecule has 3 rings (SSSR count). The largest absolute Gasteiger partial charge is 0.493 e. The van der Waals surface area contributed by atoms with Crippen LogP contribution in [0.2, 0.25) is 0 Å². The number of carbonyl (C=O) groups excluding carboxylic acids is 1. The number of sulfonamides is 1. The van der Waals surface area contributed by atoms with E-state index in [9.17, 15) is 17.6 Å². The van der Waals surface area contributed by atoms with Gasteiger partial charge in [0.1, 0.15) is 12.4 Å². The Morgan fingerprint density at radius 3 is 2.22 bits per heavy atom. The van der Waals surface area contributed by atoms with Crippen molar-refractivity contribution >= 4 is 21.6 Å². The zero-order valence-electron chi connectivity index (χ0n) is 17.6. The second-order valence-corrected chi connectivity index (χ2v) is 8.63. The summed E-state index contributed by atoms with van der Waals surface area (Å²) in [6, 6.07) is 17.9. The number of para-hydroxylation sites is 1. The fraction of sp³-hybridized carbons (Fsp3) is 0.174. The first-order chi connectivity index (χ1) is 15.3. The molecule has 0 fully saturated rings.